The molecule has 0 aromatic heterocycles. The fourth-order valence-electron chi connectivity index (χ4n) is 4.58. The molecule has 1 atom stereocenters. The third kappa shape index (κ3) is 27.6. The van der Waals surface area contributed by atoms with Crippen LogP contribution in [0.1, 0.15) is 181 Å². The third-order valence-corrected chi connectivity index (χ3v) is 7.29. The fraction of sp³-hybridized carbons (Fsp3) is 0.968. The molecule has 33 heavy (non-hydrogen) atoms. The van der Waals surface area contributed by atoms with Gasteiger partial charge in [0.25, 0.3) is 0 Å². The van der Waals surface area contributed by atoms with Crippen molar-refractivity contribution in [1.29, 1.82) is 0 Å². The van der Waals surface area contributed by atoms with Crippen molar-refractivity contribution < 1.29 is 9.53 Å². The van der Waals surface area contributed by atoms with Gasteiger partial charge in [0, 0.05) is 6.42 Å². The fourth-order valence-corrected chi connectivity index (χ4v) is 4.58. The molecular formula is C31H62O2. The van der Waals surface area contributed by atoms with Gasteiger partial charge >= 0.3 is 5.97 Å². The molecule has 0 aromatic rings. The van der Waals surface area contributed by atoms with Crippen LogP contribution in [-0.2, 0) is 9.53 Å². The Kier molecular flexibility index (Phi) is 27.3. The molecule has 0 radical (unpaired) electrons. The highest BCUT2D eigenvalue weighted by atomic mass is 16.5. The lowest BCUT2D eigenvalue weighted by molar-refractivity contribution is -0.143. The maximum Gasteiger partial charge on any atom is 0.305 e. The van der Waals surface area contributed by atoms with E-state index in [0.717, 1.165) is 18.8 Å². The summed E-state index contributed by atoms with van der Waals surface area (Å²) < 4.78 is 5.41. The minimum atomic E-state index is 0.0236. The number of esters is 1. The van der Waals surface area contributed by atoms with Gasteiger partial charge in [-0.1, -0.05) is 162 Å². The molecule has 0 rings (SSSR count). The maximum atomic E-state index is 11.8. The molecule has 198 valence electrons. The normalized spacial score (nSPS) is 12.2. The summed E-state index contributed by atoms with van der Waals surface area (Å²) in [6, 6.07) is 0. The summed E-state index contributed by atoms with van der Waals surface area (Å²) in [5, 5.41) is 0. The third-order valence-electron chi connectivity index (χ3n) is 7.29. The molecule has 0 spiro atoms. The molecule has 0 amide bonds. The summed E-state index contributed by atoms with van der Waals surface area (Å²) in [5.74, 6) is 0.937. The predicted octanol–water partition coefficient (Wildman–Crippen LogP) is 11.0. The quantitative estimate of drug-likeness (QED) is 0.0888. The predicted molar refractivity (Wildman–Crippen MR) is 147 cm³/mol. The van der Waals surface area contributed by atoms with Crippen LogP contribution in [0.15, 0.2) is 0 Å². The molecule has 0 aliphatic heterocycles. The second-order valence-corrected chi connectivity index (χ2v) is 10.7. The number of carbonyl (C=O) groups is 1. The van der Waals surface area contributed by atoms with Gasteiger partial charge < -0.3 is 4.74 Å². The zero-order valence-corrected chi connectivity index (χ0v) is 23.3. The van der Waals surface area contributed by atoms with Gasteiger partial charge in [0.1, 0.15) is 0 Å². The molecule has 0 bridgehead atoms. The Bertz CT molecular complexity index is 379. The van der Waals surface area contributed by atoms with Gasteiger partial charge in [-0.15, -0.1) is 0 Å². The lowest BCUT2D eigenvalue weighted by Crippen LogP contribution is -2.05. The van der Waals surface area contributed by atoms with Crippen molar-refractivity contribution in [3.8, 4) is 0 Å². The summed E-state index contributed by atoms with van der Waals surface area (Å²) in [6.07, 6.45) is 32.7. The Labute approximate surface area is 209 Å². The summed E-state index contributed by atoms with van der Waals surface area (Å²) >= 11 is 0. The highest BCUT2D eigenvalue weighted by Gasteiger charge is 2.03. The molecule has 0 saturated carbocycles. The van der Waals surface area contributed by atoms with Crippen molar-refractivity contribution in [2.24, 2.45) is 5.92 Å². The van der Waals surface area contributed by atoms with Crippen LogP contribution in [-0.4, -0.2) is 12.6 Å². The molecular weight excluding hydrogens is 404 g/mol. The van der Waals surface area contributed by atoms with Gasteiger partial charge in [-0.3, -0.25) is 4.79 Å². The van der Waals surface area contributed by atoms with E-state index in [-0.39, 0.29) is 5.97 Å². The number of carbonyl (C=O) groups excluding carboxylic acids is 1. The van der Waals surface area contributed by atoms with Gasteiger partial charge in [-0.2, -0.15) is 0 Å². The molecule has 0 aliphatic rings. The lowest BCUT2D eigenvalue weighted by Gasteiger charge is -2.07. The van der Waals surface area contributed by atoms with E-state index >= 15 is 0 Å². The van der Waals surface area contributed by atoms with E-state index in [9.17, 15) is 4.79 Å². The van der Waals surface area contributed by atoms with Gasteiger partial charge in [-0.25, -0.2) is 0 Å². The van der Waals surface area contributed by atoms with E-state index in [1.54, 1.807) is 0 Å². The minimum absolute atomic E-state index is 0.0236. The van der Waals surface area contributed by atoms with E-state index in [2.05, 4.69) is 20.8 Å². The van der Waals surface area contributed by atoms with Crippen LogP contribution in [0.3, 0.4) is 0 Å². The van der Waals surface area contributed by atoms with E-state index < -0.39 is 0 Å². The van der Waals surface area contributed by atoms with Crippen molar-refractivity contribution in [2.75, 3.05) is 6.61 Å². The van der Waals surface area contributed by atoms with Crippen LogP contribution in [0.25, 0.3) is 0 Å². The Balaban J connectivity index is 3.16. The van der Waals surface area contributed by atoms with E-state index in [1.165, 1.54) is 141 Å². The summed E-state index contributed by atoms with van der Waals surface area (Å²) in [4.78, 5) is 11.8. The molecule has 2 nitrogen and oxygen atoms in total. The smallest absolute Gasteiger partial charge is 0.305 e. The molecule has 1 unspecified atom stereocenters. The number of ether oxygens (including phenoxy) is 1. The zero-order valence-electron chi connectivity index (χ0n) is 23.3. The van der Waals surface area contributed by atoms with Crippen molar-refractivity contribution >= 4 is 5.97 Å². The highest BCUT2D eigenvalue weighted by Crippen LogP contribution is 2.16. The summed E-state index contributed by atoms with van der Waals surface area (Å²) in [6.45, 7) is 7.59. The average Bonchev–Trinajstić information content (AvgIpc) is 2.82. The van der Waals surface area contributed by atoms with Crippen molar-refractivity contribution in [3.63, 3.8) is 0 Å². The molecule has 0 saturated heterocycles. The lowest BCUT2D eigenvalue weighted by atomic mass is 9.99. The van der Waals surface area contributed by atoms with Crippen LogP contribution >= 0.6 is 0 Å². The number of rotatable bonds is 27. The van der Waals surface area contributed by atoms with Crippen LogP contribution in [0.2, 0.25) is 0 Å². The molecule has 2 heteroatoms. The Morgan fingerprint density at radius 2 is 0.939 bits per heavy atom. The standard InChI is InChI=1S/C31H62O2/c1-4-6-7-8-9-10-11-14-17-20-23-26-29-33-31(32)28-25-22-19-16-13-12-15-18-21-24-27-30(3)5-2/h30H,4-29H2,1-3H3. The summed E-state index contributed by atoms with van der Waals surface area (Å²) in [7, 11) is 0. The molecule has 0 heterocycles. The van der Waals surface area contributed by atoms with E-state index in [1.807, 2.05) is 0 Å². The number of unbranched alkanes of at least 4 members (excludes halogenated alkanes) is 20. The first-order chi connectivity index (χ1) is 16.2. The first kappa shape index (κ1) is 32.5. The van der Waals surface area contributed by atoms with Crippen LogP contribution in [0, 0.1) is 5.92 Å². The Morgan fingerprint density at radius 1 is 0.545 bits per heavy atom. The molecule has 0 aliphatic carbocycles. The van der Waals surface area contributed by atoms with Gasteiger partial charge in [-0.05, 0) is 18.8 Å². The zero-order chi connectivity index (χ0) is 24.2. The van der Waals surface area contributed by atoms with E-state index in [4.69, 9.17) is 4.74 Å². The Hall–Kier alpha value is -0.530. The van der Waals surface area contributed by atoms with E-state index in [0.29, 0.717) is 13.0 Å². The Morgan fingerprint density at radius 3 is 1.39 bits per heavy atom. The first-order valence-corrected chi connectivity index (χ1v) is 15.4. The summed E-state index contributed by atoms with van der Waals surface area (Å²) in [5.41, 5.74) is 0. The van der Waals surface area contributed by atoms with Gasteiger partial charge in [0.05, 0.1) is 6.61 Å². The van der Waals surface area contributed by atoms with Crippen LogP contribution in [0.4, 0.5) is 0 Å². The van der Waals surface area contributed by atoms with Crippen LogP contribution in [0.5, 0.6) is 0 Å². The highest BCUT2D eigenvalue weighted by molar-refractivity contribution is 5.69. The SMILES string of the molecule is CCCCCCCCCCCCCCOC(=O)CCCCCCCCCCCCC(C)CC. The second kappa shape index (κ2) is 27.7. The molecule has 0 N–H and O–H groups in total. The number of hydrogen-bond donors (Lipinski definition) is 0. The van der Waals surface area contributed by atoms with Crippen molar-refractivity contribution in [2.45, 2.75) is 181 Å². The van der Waals surface area contributed by atoms with Crippen molar-refractivity contribution in [3.05, 3.63) is 0 Å². The average molecular weight is 467 g/mol. The first-order valence-electron chi connectivity index (χ1n) is 15.4. The topological polar surface area (TPSA) is 26.3 Å². The van der Waals surface area contributed by atoms with Crippen LogP contribution < -0.4 is 0 Å². The monoisotopic (exact) mass is 466 g/mol. The minimum Gasteiger partial charge on any atom is -0.466 e. The van der Waals surface area contributed by atoms with Crippen molar-refractivity contribution in [1.82, 2.24) is 0 Å². The van der Waals surface area contributed by atoms with Gasteiger partial charge in [0.15, 0.2) is 0 Å². The number of hydrogen-bond acceptors (Lipinski definition) is 2. The molecule has 0 fully saturated rings. The molecule has 0 aromatic carbocycles. The van der Waals surface area contributed by atoms with Gasteiger partial charge in [0.2, 0.25) is 0 Å². The maximum absolute atomic E-state index is 11.8. The largest absolute Gasteiger partial charge is 0.466 e. The second-order valence-electron chi connectivity index (χ2n) is 10.7.